The maximum absolute atomic E-state index is 10.0. The van der Waals surface area contributed by atoms with Gasteiger partial charge in [-0.3, -0.25) is 4.79 Å². The van der Waals surface area contributed by atoms with Gasteiger partial charge in [0.1, 0.15) is 11.0 Å². The number of aliphatic hydroxyl groups is 1. The van der Waals surface area contributed by atoms with E-state index in [1.165, 1.54) is 19.9 Å². The minimum atomic E-state index is -0.125. The molecule has 0 aliphatic carbocycles. The fourth-order valence-electron chi connectivity index (χ4n) is 2.57. The third-order valence-electron chi connectivity index (χ3n) is 3.60. The normalized spacial score (nSPS) is 10.8. The molecule has 0 atom stereocenters. The summed E-state index contributed by atoms with van der Waals surface area (Å²) < 4.78 is 0. The average molecular weight is 537 g/mol. The molecule has 4 aromatic rings. The Bertz CT molecular complexity index is 1060. The molecule has 0 unspecified atom stereocenters. The molecule has 27 heavy (non-hydrogen) atoms. The van der Waals surface area contributed by atoms with Crippen LogP contribution < -0.4 is 0 Å². The largest absolute Gasteiger partial charge is 0.512 e. The van der Waals surface area contributed by atoms with E-state index in [0.29, 0.717) is 0 Å². The number of aromatic nitrogens is 3. The Hall–Kier alpha value is -2.82. The molecule has 6 heteroatoms. The number of aliphatic hydroxyl groups excluding tert-OH is 1. The number of benzene rings is 3. The standard InChI is InChI=1S/C16H10N3.C5H8O2.Ir/c1-2-8-13-12(6-1)7-5-11-16(13)19-17-14-9-3-4-10-15(14)18-19;1-4(6)3-5(2)7;/h1-10H;3,6H,1-2H3;/q-1;;. The molecule has 0 bridgehead atoms. The molecule has 0 aliphatic heterocycles. The van der Waals surface area contributed by atoms with Gasteiger partial charge in [-0.15, -0.1) is 16.8 Å². The van der Waals surface area contributed by atoms with Crippen molar-refractivity contribution in [2.75, 3.05) is 0 Å². The monoisotopic (exact) mass is 537 g/mol. The van der Waals surface area contributed by atoms with Crippen molar-refractivity contribution >= 4 is 27.6 Å². The zero-order valence-electron chi connectivity index (χ0n) is 14.9. The van der Waals surface area contributed by atoms with Crippen LogP contribution in [0.2, 0.25) is 0 Å². The van der Waals surface area contributed by atoms with E-state index in [2.05, 4.69) is 28.4 Å². The molecule has 0 fully saturated rings. The smallest absolute Gasteiger partial charge is 0.155 e. The summed E-state index contributed by atoms with van der Waals surface area (Å²) in [6.45, 7) is 2.85. The summed E-state index contributed by atoms with van der Waals surface area (Å²) in [6, 6.07) is 23.2. The van der Waals surface area contributed by atoms with Gasteiger partial charge in [0.05, 0.1) is 5.76 Å². The average Bonchev–Trinajstić information content (AvgIpc) is 3.04. The van der Waals surface area contributed by atoms with Crippen molar-refractivity contribution in [3.63, 3.8) is 0 Å². The van der Waals surface area contributed by atoms with Crippen molar-refractivity contribution in [2.45, 2.75) is 13.8 Å². The van der Waals surface area contributed by atoms with E-state index in [4.69, 9.17) is 5.11 Å². The number of hydrogen-bond donors (Lipinski definition) is 1. The van der Waals surface area contributed by atoms with E-state index in [9.17, 15) is 4.79 Å². The van der Waals surface area contributed by atoms with Gasteiger partial charge in [-0.1, -0.05) is 30.3 Å². The molecule has 139 valence electrons. The second-order valence-corrected chi connectivity index (χ2v) is 5.79. The molecular weight excluding hydrogens is 518 g/mol. The number of allylic oxidation sites excluding steroid dienone is 2. The predicted octanol–water partition coefficient (Wildman–Crippen LogP) is 4.41. The van der Waals surface area contributed by atoms with E-state index >= 15 is 0 Å². The van der Waals surface area contributed by atoms with Gasteiger partial charge in [0.15, 0.2) is 5.78 Å². The maximum atomic E-state index is 10.0. The molecule has 5 nitrogen and oxygen atoms in total. The number of carbonyl (C=O) groups is 1. The van der Waals surface area contributed by atoms with Crippen LogP contribution in [0, 0.1) is 6.07 Å². The van der Waals surface area contributed by atoms with Crippen LogP contribution in [0.4, 0.5) is 0 Å². The third kappa shape index (κ3) is 5.09. The quantitative estimate of drug-likeness (QED) is 0.234. The number of nitrogens with zero attached hydrogens (tertiary/aromatic N) is 3. The molecule has 0 saturated carbocycles. The molecule has 1 N–H and O–H groups in total. The van der Waals surface area contributed by atoms with E-state index in [1.54, 1.807) is 4.80 Å². The summed E-state index contributed by atoms with van der Waals surface area (Å²) >= 11 is 0. The second kappa shape index (κ2) is 9.21. The number of ketones is 1. The van der Waals surface area contributed by atoms with E-state index in [-0.39, 0.29) is 31.6 Å². The van der Waals surface area contributed by atoms with Gasteiger partial charge in [-0.2, -0.15) is 33.2 Å². The van der Waals surface area contributed by atoms with Crippen LogP contribution in [-0.2, 0) is 24.9 Å². The van der Waals surface area contributed by atoms with E-state index in [0.717, 1.165) is 27.5 Å². The van der Waals surface area contributed by atoms with Crippen molar-refractivity contribution in [1.29, 1.82) is 0 Å². The third-order valence-corrected chi connectivity index (χ3v) is 3.60. The number of carbonyl (C=O) groups excluding carboxylic acids is 1. The van der Waals surface area contributed by atoms with Gasteiger partial charge >= 0.3 is 0 Å². The Morgan fingerprint density at radius 1 is 1.00 bits per heavy atom. The Morgan fingerprint density at radius 3 is 2.15 bits per heavy atom. The van der Waals surface area contributed by atoms with E-state index < -0.39 is 0 Å². The van der Waals surface area contributed by atoms with Crippen LogP contribution in [0.1, 0.15) is 13.8 Å². The summed E-state index contributed by atoms with van der Waals surface area (Å²) in [7, 11) is 0. The van der Waals surface area contributed by atoms with Crippen LogP contribution in [0.3, 0.4) is 0 Å². The fourth-order valence-corrected chi connectivity index (χ4v) is 2.57. The first-order chi connectivity index (χ1) is 12.5. The Labute approximate surface area is 170 Å². The Morgan fingerprint density at radius 2 is 1.59 bits per heavy atom. The zero-order chi connectivity index (χ0) is 18.5. The van der Waals surface area contributed by atoms with Crippen molar-refractivity contribution in [3.05, 3.63) is 78.6 Å². The Balaban J connectivity index is 0.000000285. The number of fused-ring (bicyclic) bond motifs is 2. The molecule has 0 amide bonds. The fraction of sp³-hybridized carbons (Fsp3) is 0.0952. The van der Waals surface area contributed by atoms with Gasteiger partial charge in [-0.25, -0.2) is 0 Å². The summed E-state index contributed by atoms with van der Waals surface area (Å²) in [5.41, 5.74) is 2.67. The number of rotatable bonds is 2. The van der Waals surface area contributed by atoms with Gasteiger partial charge in [0.2, 0.25) is 0 Å². The van der Waals surface area contributed by atoms with Crippen LogP contribution >= 0.6 is 0 Å². The van der Waals surface area contributed by atoms with Crippen LogP contribution in [0.15, 0.2) is 72.5 Å². The van der Waals surface area contributed by atoms with Gasteiger partial charge in [0.25, 0.3) is 0 Å². The predicted molar refractivity (Wildman–Crippen MR) is 102 cm³/mol. The molecule has 0 saturated heterocycles. The molecule has 0 aliphatic rings. The zero-order valence-corrected chi connectivity index (χ0v) is 17.3. The molecular formula is C21H18IrN3O2-. The molecule has 1 aromatic heterocycles. The maximum Gasteiger partial charge on any atom is 0.155 e. The minimum absolute atomic E-state index is 0. The van der Waals surface area contributed by atoms with Crippen molar-refractivity contribution in [2.24, 2.45) is 0 Å². The summed E-state index contributed by atoms with van der Waals surface area (Å²) in [4.78, 5) is 11.7. The van der Waals surface area contributed by atoms with Gasteiger partial charge in [-0.05, 0) is 31.7 Å². The summed E-state index contributed by atoms with van der Waals surface area (Å²) in [5.74, 6) is -0.0625. The first-order valence-corrected chi connectivity index (χ1v) is 8.14. The molecule has 4 rings (SSSR count). The van der Waals surface area contributed by atoms with Gasteiger partial charge in [0, 0.05) is 26.2 Å². The van der Waals surface area contributed by atoms with Crippen molar-refractivity contribution < 1.29 is 30.0 Å². The molecule has 0 spiro atoms. The SMILES string of the molecule is CC(=O)C=C(C)O.[Ir].[c-]1ccc2ccccc2c1-n1nc2ccccc2n1. The molecule has 1 heterocycles. The van der Waals surface area contributed by atoms with Crippen LogP contribution in [0.25, 0.3) is 27.5 Å². The Kier molecular flexibility index (Phi) is 6.99. The van der Waals surface area contributed by atoms with Crippen LogP contribution in [0.5, 0.6) is 0 Å². The first-order valence-electron chi connectivity index (χ1n) is 8.14. The summed E-state index contributed by atoms with van der Waals surface area (Å²) in [6.07, 6.45) is 1.17. The topological polar surface area (TPSA) is 68.0 Å². The first kappa shape index (κ1) is 20.5. The van der Waals surface area contributed by atoms with Crippen LogP contribution in [-0.4, -0.2) is 25.9 Å². The molecule has 3 aromatic carbocycles. The van der Waals surface area contributed by atoms with Gasteiger partial charge < -0.3 is 5.11 Å². The number of hydrogen-bond acceptors (Lipinski definition) is 4. The minimum Gasteiger partial charge on any atom is -0.512 e. The summed E-state index contributed by atoms with van der Waals surface area (Å²) in [5, 5.41) is 19.6. The van der Waals surface area contributed by atoms with Crippen molar-refractivity contribution in [1.82, 2.24) is 15.0 Å². The van der Waals surface area contributed by atoms with Crippen molar-refractivity contribution in [3.8, 4) is 5.69 Å². The molecule has 1 radical (unpaired) electrons. The van der Waals surface area contributed by atoms with E-state index in [1.807, 2.05) is 48.5 Å². The second-order valence-electron chi connectivity index (χ2n) is 5.79.